The van der Waals surface area contributed by atoms with Gasteiger partial charge in [-0.15, -0.1) is 11.8 Å². The summed E-state index contributed by atoms with van der Waals surface area (Å²) in [4.78, 5) is 13.6. The van der Waals surface area contributed by atoms with Gasteiger partial charge in [0, 0.05) is 11.3 Å². The van der Waals surface area contributed by atoms with E-state index >= 15 is 0 Å². The fourth-order valence-corrected chi connectivity index (χ4v) is 4.61. The van der Waals surface area contributed by atoms with E-state index in [2.05, 4.69) is 11.9 Å². The monoisotopic (exact) mass is 441 g/mol. The standard InChI is InChI=1S/C25H31NO4S/c1-6-11-30-22-12-16-7-9-20(26-15(2)3)18-13-21(28)23(31-5)10-8-17(18)24(16)25(29-4)19(22)14-27/h8,10,12-13,20,26-27H,2,6-7,9,11,14H2,1,3-5H3. The minimum absolute atomic E-state index is 0.00466. The van der Waals surface area contributed by atoms with Gasteiger partial charge in [-0.1, -0.05) is 19.6 Å². The van der Waals surface area contributed by atoms with Crippen LogP contribution in [0.1, 0.15) is 49.4 Å². The van der Waals surface area contributed by atoms with Crippen LogP contribution < -0.4 is 20.2 Å². The number of thioether (sulfide) groups is 1. The topological polar surface area (TPSA) is 67.8 Å². The first-order valence-electron chi connectivity index (χ1n) is 10.6. The van der Waals surface area contributed by atoms with E-state index < -0.39 is 0 Å². The molecule has 1 unspecified atom stereocenters. The summed E-state index contributed by atoms with van der Waals surface area (Å²) in [5, 5.41) is 13.6. The quantitative estimate of drug-likeness (QED) is 0.572. The molecule has 2 aromatic rings. The molecule has 6 heteroatoms. The van der Waals surface area contributed by atoms with Gasteiger partial charge in [0.05, 0.1) is 36.8 Å². The lowest BCUT2D eigenvalue weighted by Gasteiger charge is -2.21. The zero-order valence-electron chi connectivity index (χ0n) is 18.7. The Bertz CT molecular complexity index is 1030. The molecule has 1 aliphatic carbocycles. The molecule has 166 valence electrons. The van der Waals surface area contributed by atoms with Crippen LogP contribution in [0.5, 0.6) is 11.5 Å². The van der Waals surface area contributed by atoms with Crippen molar-refractivity contribution < 1.29 is 14.6 Å². The van der Waals surface area contributed by atoms with Gasteiger partial charge in [-0.25, -0.2) is 0 Å². The number of nitrogens with one attached hydrogen (secondary N) is 1. The van der Waals surface area contributed by atoms with Crippen LogP contribution in [-0.4, -0.2) is 25.1 Å². The van der Waals surface area contributed by atoms with Crippen molar-refractivity contribution in [2.45, 2.75) is 50.7 Å². The van der Waals surface area contributed by atoms with Crippen molar-refractivity contribution in [1.29, 1.82) is 0 Å². The maximum atomic E-state index is 12.9. The Morgan fingerprint density at radius 2 is 2.13 bits per heavy atom. The number of aryl methyl sites for hydroxylation is 1. The van der Waals surface area contributed by atoms with Gasteiger partial charge in [-0.2, -0.15) is 0 Å². The van der Waals surface area contributed by atoms with Crippen molar-refractivity contribution in [2.75, 3.05) is 20.0 Å². The van der Waals surface area contributed by atoms with Crippen molar-refractivity contribution in [3.63, 3.8) is 0 Å². The molecule has 0 saturated heterocycles. The Morgan fingerprint density at radius 3 is 2.74 bits per heavy atom. The average Bonchev–Trinajstić information content (AvgIpc) is 2.99. The van der Waals surface area contributed by atoms with Gasteiger partial charge < -0.3 is 19.9 Å². The molecule has 1 atom stereocenters. The van der Waals surface area contributed by atoms with E-state index in [-0.39, 0.29) is 18.1 Å². The molecule has 0 radical (unpaired) electrons. The third-order valence-corrected chi connectivity index (χ3v) is 6.26. The van der Waals surface area contributed by atoms with Gasteiger partial charge in [0.2, 0.25) is 0 Å². The first-order valence-corrected chi connectivity index (χ1v) is 11.8. The number of hydrogen-bond acceptors (Lipinski definition) is 6. The Labute approximate surface area is 188 Å². The SMILES string of the molecule is C=C(C)NC1CCc2cc(OCCC)c(CO)c(OC)c2-c2ccc(SC)c(=O)cc21. The highest BCUT2D eigenvalue weighted by Crippen LogP contribution is 2.46. The number of aliphatic hydroxyl groups is 1. The molecule has 0 bridgehead atoms. The van der Waals surface area contributed by atoms with E-state index in [0.29, 0.717) is 28.6 Å². The molecule has 0 aliphatic heterocycles. The Kier molecular flexibility index (Phi) is 7.68. The van der Waals surface area contributed by atoms with Crippen LogP contribution in [0.4, 0.5) is 0 Å². The summed E-state index contributed by atoms with van der Waals surface area (Å²) in [6.07, 6.45) is 4.34. The number of ether oxygens (including phenoxy) is 2. The summed E-state index contributed by atoms with van der Waals surface area (Å²) in [7, 11) is 1.61. The lowest BCUT2D eigenvalue weighted by Crippen LogP contribution is -2.20. The van der Waals surface area contributed by atoms with E-state index in [1.54, 1.807) is 13.2 Å². The normalized spacial score (nSPS) is 14.8. The highest BCUT2D eigenvalue weighted by atomic mass is 32.2. The molecule has 5 nitrogen and oxygen atoms in total. The number of fused-ring (bicyclic) bond motifs is 3. The average molecular weight is 442 g/mol. The second kappa shape index (κ2) is 10.2. The maximum absolute atomic E-state index is 12.9. The third-order valence-electron chi connectivity index (χ3n) is 5.48. The molecule has 3 rings (SSSR count). The van der Waals surface area contributed by atoms with Gasteiger partial charge in [-0.3, -0.25) is 4.79 Å². The van der Waals surface area contributed by atoms with E-state index in [1.165, 1.54) is 11.8 Å². The largest absolute Gasteiger partial charge is 0.496 e. The van der Waals surface area contributed by atoms with E-state index in [9.17, 15) is 9.90 Å². The predicted octanol–water partition coefficient (Wildman–Crippen LogP) is 4.84. The molecule has 1 aliphatic rings. The van der Waals surface area contributed by atoms with Crippen molar-refractivity contribution in [2.24, 2.45) is 0 Å². The Hall–Kier alpha value is -2.44. The molecule has 0 amide bonds. The summed E-state index contributed by atoms with van der Waals surface area (Å²) in [5.74, 6) is 1.26. The summed E-state index contributed by atoms with van der Waals surface area (Å²) >= 11 is 1.44. The van der Waals surface area contributed by atoms with E-state index in [1.807, 2.05) is 38.3 Å². The summed E-state index contributed by atoms with van der Waals surface area (Å²) < 4.78 is 11.8. The Balaban J connectivity index is 2.36. The molecule has 0 saturated carbocycles. The van der Waals surface area contributed by atoms with Crippen LogP contribution in [0, 0.1) is 0 Å². The van der Waals surface area contributed by atoms with Gasteiger partial charge in [-0.05, 0) is 67.3 Å². The molecule has 31 heavy (non-hydrogen) atoms. The summed E-state index contributed by atoms with van der Waals surface area (Å²) in [5.41, 5.74) is 5.31. The molecular formula is C25H31NO4S. The number of benzene rings is 1. The summed E-state index contributed by atoms with van der Waals surface area (Å²) in [6.45, 7) is 8.36. The van der Waals surface area contributed by atoms with E-state index in [4.69, 9.17) is 9.47 Å². The number of aliphatic hydroxyl groups excluding tert-OH is 1. The molecule has 0 fully saturated rings. The lowest BCUT2D eigenvalue weighted by molar-refractivity contribution is 0.255. The van der Waals surface area contributed by atoms with Gasteiger partial charge in [0.25, 0.3) is 0 Å². The van der Waals surface area contributed by atoms with Crippen molar-refractivity contribution >= 4 is 11.8 Å². The fourth-order valence-electron chi connectivity index (χ4n) is 4.15. The summed E-state index contributed by atoms with van der Waals surface area (Å²) in [6, 6.07) is 7.56. The molecule has 2 N–H and O–H groups in total. The van der Waals surface area contributed by atoms with Gasteiger partial charge in [0.15, 0.2) is 5.43 Å². The highest BCUT2D eigenvalue weighted by Gasteiger charge is 2.28. The predicted molar refractivity (Wildman–Crippen MR) is 127 cm³/mol. The Morgan fingerprint density at radius 1 is 1.35 bits per heavy atom. The molecule has 0 heterocycles. The van der Waals surface area contributed by atoms with Crippen molar-refractivity contribution in [3.8, 4) is 22.6 Å². The van der Waals surface area contributed by atoms with Crippen LogP contribution in [0.15, 0.2) is 46.2 Å². The number of hydrogen-bond donors (Lipinski definition) is 2. The highest BCUT2D eigenvalue weighted by molar-refractivity contribution is 7.98. The number of methoxy groups -OCH3 is 1. The minimum atomic E-state index is -0.194. The van der Waals surface area contributed by atoms with Gasteiger partial charge >= 0.3 is 0 Å². The fraction of sp³-hybridized carbons (Fsp3) is 0.400. The first-order chi connectivity index (χ1) is 14.9. The molecule has 0 spiro atoms. The van der Waals surface area contributed by atoms with Crippen LogP contribution in [0.25, 0.3) is 11.1 Å². The number of allylic oxidation sites excluding steroid dienone is 1. The van der Waals surface area contributed by atoms with E-state index in [0.717, 1.165) is 47.2 Å². The second-order valence-corrected chi connectivity index (χ2v) is 8.57. The van der Waals surface area contributed by atoms with Crippen LogP contribution >= 0.6 is 11.8 Å². The van der Waals surface area contributed by atoms with Crippen LogP contribution in [0.3, 0.4) is 0 Å². The minimum Gasteiger partial charge on any atom is -0.496 e. The molecular weight excluding hydrogens is 410 g/mol. The zero-order valence-corrected chi connectivity index (χ0v) is 19.5. The number of rotatable bonds is 8. The lowest BCUT2D eigenvalue weighted by atomic mass is 9.93. The molecule has 0 aromatic heterocycles. The zero-order chi connectivity index (χ0) is 22.5. The first kappa shape index (κ1) is 23.2. The smallest absolute Gasteiger partial charge is 0.192 e. The third kappa shape index (κ3) is 4.75. The van der Waals surface area contributed by atoms with Crippen molar-refractivity contribution in [1.82, 2.24) is 5.32 Å². The maximum Gasteiger partial charge on any atom is 0.192 e. The van der Waals surface area contributed by atoms with Crippen LogP contribution in [-0.2, 0) is 13.0 Å². The second-order valence-electron chi connectivity index (χ2n) is 7.72. The van der Waals surface area contributed by atoms with Crippen molar-refractivity contribution in [3.05, 3.63) is 63.5 Å². The molecule has 2 aromatic carbocycles. The van der Waals surface area contributed by atoms with Gasteiger partial charge in [0.1, 0.15) is 11.5 Å². The van der Waals surface area contributed by atoms with Crippen LogP contribution in [0.2, 0.25) is 0 Å².